The Labute approximate surface area is 75.0 Å². The second kappa shape index (κ2) is 5.79. The zero-order valence-corrected chi connectivity index (χ0v) is 6.64. The zero-order chi connectivity index (χ0) is 6.53. The van der Waals surface area contributed by atoms with Gasteiger partial charge in [0.05, 0.1) is 0 Å². The van der Waals surface area contributed by atoms with E-state index in [4.69, 9.17) is 0 Å². The van der Waals surface area contributed by atoms with Gasteiger partial charge in [0, 0.05) is 6.54 Å². The molecule has 0 amide bonds. The number of rotatable bonds is 2. The normalized spacial score (nSPS) is 18.0. The van der Waals surface area contributed by atoms with Gasteiger partial charge < -0.3 is 11.0 Å². The summed E-state index contributed by atoms with van der Waals surface area (Å²) in [5.41, 5.74) is 0. The van der Waals surface area contributed by atoms with Crippen molar-refractivity contribution in [1.29, 1.82) is 0 Å². The summed E-state index contributed by atoms with van der Waals surface area (Å²) in [6, 6.07) is 0. The van der Waals surface area contributed by atoms with Crippen molar-refractivity contribution in [3.8, 4) is 0 Å². The van der Waals surface area contributed by atoms with Crippen LogP contribution in [0.4, 0.5) is 0 Å². The van der Waals surface area contributed by atoms with Gasteiger partial charge in [0.15, 0.2) is 0 Å². The van der Waals surface area contributed by atoms with E-state index in [1.807, 2.05) is 6.08 Å². The minimum Gasteiger partial charge on any atom is -0.498 e. The molecule has 0 N–H and O–H groups in total. The average molecular weight is 129 g/mol. The fraction of sp³-hybridized carbons (Fsp3) is 0.500. The zero-order valence-electron chi connectivity index (χ0n) is 6.64. The summed E-state index contributed by atoms with van der Waals surface area (Å²) in [4.78, 5) is 2.34. The van der Waals surface area contributed by atoms with Gasteiger partial charge in [0.25, 0.3) is 0 Å². The van der Waals surface area contributed by atoms with Gasteiger partial charge in [-0.05, 0) is 13.1 Å². The molecular weight excluding hydrogens is 117 g/mol. The largest absolute Gasteiger partial charge is 1.00 e. The van der Waals surface area contributed by atoms with E-state index in [1.54, 1.807) is 0 Å². The first kappa shape index (κ1) is 10.0. The number of hydrogen-bond acceptors (Lipinski definition) is 1. The fourth-order valence-corrected chi connectivity index (χ4v) is 0.958. The molecule has 0 spiro atoms. The molecule has 0 aromatic rings. The molecule has 0 aromatic carbocycles. The Hall–Kier alpha value is 0.0374. The van der Waals surface area contributed by atoms with Crippen LogP contribution in [0.5, 0.6) is 0 Å². The maximum Gasteiger partial charge on any atom is 1.00 e. The minimum absolute atomic E-state index is 0. The van der Waals surface area contributed by atoms with Crippen LogP contribution in [-0.4, -0.2) is 24.5 Å². The maximum absolute atomic E-state index is 3.68. The average Bonchev–Trinajstić information content (AvgIpc) is 1.91. The first-order valence-electron chi connectivity index (χ1n) is 3.32. The van der Waals surface area contributed by atoms with Gasteiger partial charge >= 0.3 is 18.9 Å². The molecule has 0 unspecified atom stereocenters. The van der Waals surface area contributed by atoms with Crippen molar-refractivity contribution in [1.82, 2.24) is 4.90 Å². The molecule has 0 radical (unpaired) electrons. The summed E-state index contributed by atoms with van der Waals surface area (Å²) in [6.45, 7) is 6.88. The van der Waals surface area contributed by atoms with E-state index < -0.39 is 0 Å². The molecule has 0 atom stereocenters. The van der Waals surface area contributed by atoms with Gasteiger partial charge in [0.2, 0.25) is 0 Å². The van der Waals surface area contributed by atoms with E-state index in [0.717, 1.165) is 26.1 Å². The predicted molar refractivity (Wildman–Crippen MR) is 39.1 cm³/mol. The minimum atomic E-state index is 0. The van der Waals surface area contributed by atoms with Crippen LogP contribution < -0.4 is 18.9 Å². The molecule has 1 rings (SSSR count). The van der Waals surface area contributed by atoms with Crippen LogP contribution in [0.15, 0.2) is 18.7 Å². The molecule has 0 saturated heterocycles. The van der Waals surface area contributed by atoms with Crippen LogP contribution in [0.25, 0.3) is 0 Å². The van der Waals surface area contributed by atoms with E-state index >= 15 is 0 Å². The van der Waals surface area contributed by atoms with Gasteiger partial charge in [-0.3, -0.25) is 6.08 Å². The van der Waals surface area contributed by atoms with Crippen LogP contribution in [0, 0.1) is 6.08 Å². The third-order valence-corrected chi connectivity index (χ3v) is 1.45. The Morgan fingerprint density at radius 1 is 1.70 bits per heavy atom. The van der Waals surface area contributed by atoms with Crippen molar-refractivity contribution in [2.24, 2.45) is 0 Å². The summed E-state index contributed by atoms with van der Waals surface area (Å²) in [5.74, 6) is 0. The SMILES string of the molecule is C=CCN1CC=[C-]CC1.[Li+]. The molecule has 1 aliphatic heterocycles. The van der Waals surface area contributed by atoms with Gasteiger partial charge in [-0.25, -0.2) is 0 Å². The molecule has 10 heavy (non-hydrogen) atoms. The maximum atomic E-state index is 3.68. The standard InChI is InChI=1S/C8H12N.Li/c1-2-6-9-7-4-3-5-8-9;/h2,4H,1,5-8H2;/q-1;+1. The first-order chi connectivity index (χ1) is 4.43. The molecule has 0 saturated carbocycles. The van der Waals surface area contributed by atoms with Crippen molar-refractivity contribution in [3.05, 3.63) is 24.8 Å². The van der Waals surface area contributed by atoms with Gasteiger partial charge in [-0.2, -0.15) is 6.42 Å². The Morgan fingerprint density at radius 3 is 3.00 bits per heavy atom. The van der Waals surface area contributed by atoms with Crippen molar-refractivity contribution in [3.63, 3.8) is 0 Å². The quantitative estimate of drug-likeness (QED) is 0.242. The molecule has 1 aliphatic rings. The number of hydrogen-bond donors (Lipinski definition) is 0. The van der Waals surface area contributed by atoms with Crippen LogP contribution in [0.3, 0.4) is 0 Å². The smallest absolute Gasteiger partial charge is 0.498 e. The van der Waals surface area contributed by atoms with Crippen molar-refractivity contribution in [2.45, 2.75) is 6.42 Å². The second-order valence-corrected chi connectivity index (χ2v) is 2.21. The Kier molecular flexibility index (Phi) is 5.82. The van der Waals surface area contributed by atoms with Crippen molar-refractivity contribution < 1.29 is 18.9 Å². The van der Waals surface area contributed by atoms with Crippen molar-refractivity contribution >= 4 is 0 Å². The topological polar surface area (TPSA) is 3.24 Å². The number of nitrogens with zero attached hydrogens (tertiary/aromatic N) is 1. The summed E-state index contributed by atoms with van der Waals surface area (Å²) in [5, 5.41) is 0. The molecular formula is C8H12LiN. The second-order valence-electron chi connectivity index (χ2n) is 2.21. The van der Waals surface area contributed by atoms with Crippen LogP contribution in [0.2, 0.25) is 0 Å². The summed E-state index contributed by atoms with van der Waals surface area (Å²) in [7, 11) is 0. The molecule has 0 aromatic heterocycles. The monoisotopic (exact) mass is 129 g/mol. The van der Waals surface area contributed by atoms with E-state index in [9.17, 15) is 0 Å². The molecule has 0 fully saturated rings. The van der Waals surface area contributed by atoms with Crippen LogP contribution >= 0.6 is 0 Å². The summed E-state index contributed by atoms with van der Waals surface area (Å²) >= 11 is 0. The molecule has 0 aliphatic carbocycles. The predicted octanol–water partition coefficient (Wildman–Crippen LogP) is -1.76. The third kappa shape index (κ3) is 3.27. The van der Waals surface area contributed by atoms with Gasteiger partial charge in [0.1, 0.15) is 0 Å². The van der Waals surface area contributed by atoms with E-state index in [0.29, 0.717) is 0 Å². The molecule has 2 heteroatoms. The Bertz CT molecular complexity index is 120. The van der Waals surface area contributed by atoms with Crippen LogP contribution in [0.1, 0.15) is 6.42 Å². The third-order valence-electron chi connectivity index (χ3n) is 1.45. The fourth-order valence-electron chi connectivity index (χ4n) is 0.958. The van der Waals surface area contributed by atoms with Gasteiger partial charge in [-0.15, -0.1) is 6.58 Å². The Morgan fingerprint density at radius 2 is 2.50 bits per heavy atom. The van der Waals surface area contributed by atoms with E-state index in [-0.39, 0.29) is 18.9 Å². The molecule has 1 heterocycles. The first-order valence-corrected chi connectivity index (χ1v) is 3.32. The Balaban J connectivity index is 0.000000810. The molecule has 50 valence electrons. The summed E-state index contributed by atoms with van der Waals surface area (Å²) in [6.07, 6.45) is 8.28. The molecule has 0 bridgehead atoms. The molecule has 1 nitrogen and oxygen atoms in total. The van der Waals surface area contributed by atoms with E-state index in [1.165, 1.54) is 0 Å². The van der Waals surface area contributed by atoms with Crippen molar-refractivity contribution in [2.75, 3.05) is 19.6 Å². The van der Waals surface area contributed by atoms with Crippen LogP contribution in [-0.2, 0) is 0 Å². The summed E-state index contributed by atoms with van der Waals surface area (Å²) < 4.78 is 0. The van der Waals surface area contributed by atoms with E-state index in [2.05, 4.69) is 23.6 Å². The van der Waals surface area contributed by atoms with Gasteiger partial charge in [-0.1, -0.05) is 6.08 Å².